The van der Waals surface area contributed by atoms with E-state index in [2.05, 4.69) is 21.2 Å². The van der Waals surface area contributed by atoms with Crippen molar-refractivity contribution in [2.75, 3.05) is 0 Å². The molecule has 1 aromatic rings. The van der Waals surface area contributed by atoms with Crippen LogP contribution in [0.5, 0.6) is 0 Å². The largest absolute Gasteiger partial charge is 0.349 e. The third-order valence-electron chi connectivity index (χ3n) is 2.30. The van der Waals surface area contributed by atoms with Gasteiger partial charge in [-0.25, -0.2) is 4.39 Å². The number of carbonyl (C=O) groups is 1. The van der Waals surface area contributed by atoms with E-state index in [1.165, 1.54) is 6.07 Å². The van der Waals surface area contributed by atoms with E-state index in [1.807, 2.05) is 13.8 Å². The molecule has 0 radical (unpaired) electrons. The monoisotopic (exact) mass is 287 g/mol. The molecule has 1 amide bonds. The van der Waals surface area contributed by atoms with E-state index >= 15 is 0 Å². The van der Waals surface area contributed by atoms with Gasteiger partial charge in [-0.1, -0.05) is 19.4 Å². The third-order valence-corrected chi connectivity index (χ3v) is 2.91. The maximum Gasteiger partial charge on any atom is 0.254 e. The first-order valence-electron chi connectivity index (χ1n) is 5.31. The molecule has 0 saturated heterocycles. The first-order valence-corrected chi connectivity index (χ1v) is 6.10. The van der Waals surface area contributed by atoms with Crippen molar-refractivity contribution >= 4 is 21.8 Å². The number of nitrogens with one attached hydrogen (secondary N) is 1. The summed E-state index contributed by atoms with van der Waals surface area (Å²) in [5.41, 5.74) is 0.0809. The molecule has 0 bridgehead atoms. The first kappa shape index (κ1) is 13.2. The van der Waals surface area contributed by atoms with Gasteiger partial charge in [0.2, 0.25) is 0 Å². The molecular formula is C12H15BrFNO. The molecule has 0 aliphatic heterocycles. The van der Waals surface area contributed by atoms with E-state index in [4.69, 9.17) is 0 Å². The number of amides is 1. The number of hydrogen-bond donors (Lipinski definition) is 1. The zero-order chi connectivity index (χ0) is 12.1. The molecule has 88 valence electrons. The average molecular weight is 288 g/mol. The van der Waals surface area contributed by atoms with Gasteiger partial charge in [-0.3, -0.25) is 4.79 Å². The van der Waals surface area contributed by atoms with Crippen LogP contribution < -0.4 is 5.32 Å². The van der Waals surface area contributed by atoms with Gasteiger partial charge >= 0.3 is 0 Å². The summed E-state index contributed by atoms with van der Waals surface area (Å²) in [7, 11) is 0. The molecule has 2 nitrogen and oxygen atoms in total. The van der Waals surface area contributed by atoms with Crippen LogP contribution >= 0.6 is 15.9 Å². The Labute approximate surface area is 103 Å². The summed E-state index contributed by atoms with van der Waals surface area (Å²) in [6.45, 7) is 3.96. The highest BCUT2D eigenvalue weighted by molar-refractivity contribution is 9.10. The van der Waals surface area contributed by atoms with Crippen molar-refractivity contribution in [3.8, 4) is 0 Å². The molecule has 1 aromatic carbocycles. The number of benzene rings is 1. The highest BCUT2D eigenvalue weighted by atomic mass is 79.9. The fraction of sp³-hybridized carbons (Fsp3) is 0.417. The average Bonchev–Trinajstić information content (AvgIpc) is 2.22. The highest BCUT2D eigenvalue weighted by Gasteiger charge is 2.15. The van der Waals surface area contributed by atoms with Gasteiger partial charge in [0.25, 0.3) is 5.91 Å². The maximum atomic E-state index is 13.6. The zero-order valence-corrected chi connectivity index (χ0v) is 11.0. The first-order chi connectivity index (χ1) is 7.56. The summed E-state index contributed by atoms with van der Waals surface area (Å²) in [5.74, 6) is -0.872. The molecule has 0 heterocycles. The Morgan fingerprint density at radius 3 is 2.88 bits per heavy atom. The number of hydrogen-bond acceptors (Lipinski definition) is 1. The SMILES string of the molecule is CCCC(C)NC(=O)c1cccc(Br)c1F. The molecule has 0 fully saturated rings. The van der Waals surface area contributed by atoms with Crippen LogP contribution in [-0.2, 0) is 0 Å². The molecule has 1 atom stereocenters. The minimum Gasteiger partial charge on any atom is -0.349 e. The highest BCUT2D eigenvalue weighted by Crippen LogP contribution is 2.18. The van der Waals surface area contributed by atoms with Gasteiger partial charge in [0.1, 0.15) is 5.82 Å². The Balaban J connectivity index is 2.77. The zero-order valence-electron chi connectivity index (χ0n) is 9.39. The summed E-state index contributed by atoms with van der Waals surface area (Å²) in [5, 5.41) is 2.77. The minimum absolute atomic E-state index is 0.0656. The lowest BCUT2D eigenvalue weighted by molar-refractivity contribution is 0.0934. The topological polar surface area (TPSA) is 29.1 Å². The van der Waals surface area contributed by atoms with Gasteiger partial charge in [-0.05, 0) is 41.4 Å². The predicted molar refractivity (Wildman–Crippen MR) is 65.9 cm³/mol. The lowest BCUT2D eigenvalue weighted by Crippen LogP contribution is -2.32. The van der Waals surface area contributed by atoms with Crippen LogP contribution in [0.3, 0.4) is 0 Å². The van der Waals surface area contributed by atoms with E-state index in [0.29, 0.717) is 4.47 Å². The van der Waals surface area contributed by atoms with Crippen LogP contribution in [0.4, 0.5) is 4.39 Å². The smallest absolute Gasteiger partial charge is 0.254 e. The second kappa shape index (κ2) is 5.99. The Bertz CT molecular complexity index is 381. The van der Waals surface area contributed by atoms with E-state index in [1.54, 1.807) is 12.1 Å². The molecule has 16 heavy (non-hydrogen) atoms. The van der Waals surface area contributed by atoms with Gasteiger partial charge < -0.3 is 5.32 Å². The fourth-order valence-corrected chi connectivity index (χ4v) is 1.85. The second-order valence-electron chi connectivity index (χ2n) is 3.76. The lowest BCUT2D eigenvalue weighted by Gasteiger charge is -2.13. The number of carbonyl (C=O) groups excluding carboxylic acids is 1. The van der Waals surface area contributed by atoms with Gasteiger partial charge in [-0.2, -0.15) is 0 Å². The minimum atomic E-state index is -0.510. The van der Waals surface area contributed by atoms with E-state index in [-0.39, 0.29) is 17.5 Å². The van der Waals surface area contributed by atoms with Crippen molar-refractivity contribution in [1.29, 1.82) is 0 Å². The summed E-state index contributed by atoms with van der Waals surface area (Å²) >= 11 is 3.06. The Kier molecular flexibility index (Phi) is 4.93. The standard InChI is InChI=1S/C12H15BrFNO/c1-3-5-8(2)15-12(16)9-6-4-7-10(13)11(9)14/h4,6-8H,3,5H2,1-2H3,(H,15,16). The molecule has 0 saturated carbocycles. The van der Waals surface area contributed by atoms with Crippen LogP contribution in [0.15, 0.2) is 22.7 Å². The van der Waals surface area contributed by atoms with Crippen LogP contribution in [0.1, 0.15) is 37.0 Å². The Morgan fingerprint density at radius 1 is 1.56 bits per heavy atom. The van der Waals surface area contributed by atoms with Crippen LogP contribution in [-0.4, -0.2) is 11.9 Å². The van der Waals surface area contributed by atoms with Gasteiger partial charge in [-0.15, -0.1) is 0 Å². The molecule has 0 spiro atoms. The van der Waals surface area contributed by atoms with Crippen LogP contribution in [0.25, 0.3) is 0 Å². The summed E-state index contributed by atoms with van der Waals surface area (Å²) in [6, 6.07) is 4.76. The molecule has 1 N–H and O–H groups in total. The van der Waals surface area contributed by atoms with Crippen molar-refractivity contribution in [3.63, 3.8) is 0 Å². The molecule has 1 rings (SSSR count). The summed E-state index contributed by atoms with van der Waals surface area (Å²) < 4.78 is 13.9. The van der Waals surface area contributed by atoms with Crippen molar-refractivity contribution in [2.24, 2.45) is 0 Å². The van der Waals surface area contributed by atoms with Gasteiger partial charge in [0.05, 0.1) is 10.0 Å². The molecule has 4 heteroatoms. The van der Waals surface area contributed by atoms with Crippen LogP contribution in [0.2, 0.25) is 0 Å². The molecular weight excluding hydrogens is 273 g/mol. The fourth-order valence-electron chi connectivity index (χ4n) is 1.49. The van der Waals surface area contributed by atoms with Gasteiger partial charge in [0, 0.05) is 6.04 Å². The van der Waals surface area contributed by atoms with E-state index in [9.17, 15) is 9.18 Å². The third kappa shape index (κ3) is 3.30. The molecule has 0 aliphatic rings. The van der Waals surface area contributed by atoms with E-state index < -0.39 is 5.82 Å². The lowest BCUT2D eigenvalue weighted by atomic mass is 10.1. The number of halogens is 2. The maximum absolute atomic E-state index is 13.6. The Morgan fingerprint density at radius 2 is 2.25 bits per heavy atom. The summed E-state index contributed by atoms with van der Waals surface area (Å²) in [4.78, 5) is 11.7. The Hall–Kier alpha value is -0.900. The van der Waals surface area contributed by atoms with Crippen molar-refractivity contribution in [1.82, 2.24) is 5.32 Å². The second-order valence-corrected chi connectivity index (χ2v) is 4.62. The van der Waals surface area contributed by atoms with Gasteiger partial charge in [0.15, 0.2) is 0 Å². The molecule has 0 aromatic heterocycles. The molecule has 0 aliphatic carbocycles. The van der Waals surface area contributed by atoms with Crippen LogP contribution in [0, 0.1) is 5.82 Å². The molecule has 1 unspecified atom stereocenters. The number of rotatable bonds is 4. The van der Waals surface area contributed by atoms with Crippen molar-refractivity contribution in [3.05, 3.63) is 34.1 Å². The normalized spacial score (nSPS) is 12.2. The quantitative estimate of drug-likeness (QED) is 0.902. The van der Waals surface area contributed by atoms with Crippen molar-refractivity contribution < 1.29 is 9.18 Å². The van der Waals surface area contributed by atoms with E-state index in [0.717, 1.165) is 12.8 Å². The predicted octanol–water partition coefficient (Wildman–Crippen LogP) is 3.51. The summed E-state index contributed by atoms with van der Waals surface area (Å²) in [6.07, 6.45) is 1.88. The van der Waals surface area contributed by atoms with Crippen molar-refractivity contribution in [2.45, 2.75) is 32.7 Å².